The number of hydrogen-bond acceptors (Lipinski definition) is 6. The van der Waals surface area contributed by atoms with Crippen molar-refractivity contribution in [2.75, 3.05) is 21.3 Å². The highest BCUT2D eigenvalue weighted by Crippen LogP contribution is 2.31. The van der Waals surface area contributed by atoms with Crippen molar-refractivity contribution in [1.29, 1.82) is 0 Å². The first kappa shape index (κ1) is 21.9. The summed E-state index contributed by atoms with van der Waals surface area (Å²) < 4.78 is 17.1. The van der Waals surface area contributed by atoms with Crippen LogP contribution in [0.25, 0.3) is 5.69 Å². The van der Waals surface area contributed by atoms with E-state index >= 15 is 0 Å². The van der Waals surface area contributed by atoms with Gasteiger partial charge >= 0.3 is 5.97 Å². The molecular formula is C23H25N3O5. The van der Waals surface area contributed by atoms with Crippen molar-refractivity contribution < 1.29 is 23.8 Å². The minimum absolute atomic E-state index is 0.0381. The monoisotopic (exact) mass is 423 g/mol. The van der Waals surface area contributed by atoms with Gasteiger partial charge in [0.15, 0.2) is 11.5 Å². The van der Waals surface area contributed by atoms with Crippen molar-refractivity contribution in [3.63, 3.8) is 0 Å². The Hall–Kier alpha value is -3.81. The van der Waals surface area contributed by atoms with Gasteiger partial charge in [-0.25, -0.2) is 4.68 Å². The molecule has 1 atom stereocenters. The van der Waals surface area contributed by atoms with Crippen LogP contribution in [0.2, 0.25) is 0 Å². The van der Waals surface area contributed by atoms with Crippen LogP contribution in [0.5, 0.6) is 11.5 Å². The zero-order valence-corrected chi connectivity index (χ0v) is 17.9. The number of aromatic nitrogens is 2. The van der Waals surface area contributed by atoms with Crippen LogP contribution in [0.3, 0.4) is 0 Å². The Balaban J connectivity index is 1.89. The lowest BCUT2D eigenvalue weighted by atomic mass is 10.0. The Morgan fingerprint density at radius 1 is 1.03 bits per heavy atom. The number of hydrogen-bond donors (Lipinski definition) is 1. The first-order valence-electron chi connectivity index (χ1n) is 9.68. The smallest absolute Gasteiger partial charge is 0.307 e. The van der Waals surface area contributed by atoms with Gasteiger partial charge in [-0.2, -0.15) is 5.10 Å². The maximum Gasteiger partial charge on any atom is 0.307 e. The largest absolute Gasteiger partial charge is 0.493 e. The van der Waals surface area contributed by atoms with E-state index in [2.05, 4.69) is 10.4 Å². The second-order valence-corrected chi connectivity index (χ2v) is 6.81. The summed E-state index contributed by atoms with van der Waals surface area (Å²) in [6.07, 6.45) is 1.48. The molecule has 0 saturated heterocycles. The van der Waals surface area contributed by atoms with E-state index in [1.165, 1.54) is 20.4 Å². The molecule has 8 nitrogen and oxygen atoms in total. The summed E-state index contributed by atoms with van der Waals surface area (Å²) >= 11 is 0. The van der Waals surface area contributed by atoms with Crippen LogP contribution in [-0.4, -0.2) is 43.0 Å². The minimum atomic E-state index is -0.626. The highest BCUT2D eigenvalue weighted by molar-refractivity contribution is 5.95. The van der Waals surface area contributed by atoms with Gasteiger partial charge in [0.05, 0.1) is 56.9 Å². The van der Waals surface area contributed by atoms with Crippen LogP contribution < -0.4 is 14.8 Å². The summed E-state index contributed by atoms with van der Waals surface area (Å²) in [6, 6.07) is 14.1. The number of esters is 1. The van der Waals surface area contributed by atoms with E-state index in [1.807, 2.05) is 37.3 Å². The maximum atomic E-state index is 13.1. The Morgan fingerprint density at radius 2 is 1.74 bits per heavy atom. The van der Waals surface area contributed by atoms with Gasteiger partial charge in [-0.15, -0.1) is 0 Å². The molecule has 8 heteroatoms. The quantitative estimate of drug-likeness (QED) is 0.560. The normalized spacial score (nSPS) is 11.5. The summed E-state index contributed by atoms with van der Waals surface area (Å²) in [5.74, 6) is 0.256. The number of nitrogens with one attached hydrogen (secondary N) is 1. The minimum Gasteiger partial charge on any atom is -0.493 e. The summed E-state index contributed by atoms with van der Waals surface area (Å²) in [6.45, 7) is 1.82. The van der Waals surface area contributed by atoms with Crippen LogP contribution in [0, 0.1) is 6.92 Å². The van der Waals surface area contributed by atoms with Crippen molar-refractivity contribution in [2.45, 2.75) is 19.4 Å². The van der Waals surface area contributed by atoms with E-state index in [4.69, 9.17) is 14.2 Å². The molecule has 1 amide bonds. The number of ether oxygens (including phenoxy) is 3. The molecule has 0 saturated carbocycles. The number of benzene rings is 2. The Kier molecular flexibility index (Phi) is 6.92. The van der Waals surface area contributed by atoms with Crippen LogP contribution >= 0.6 is 0 Å². The second-order valence-electron chi connectivity index (χ2n) is 6.81. The molecule has 0 aliphatic carbocycles. The number of amides is 1. The zero-order chi connectivity index (χ0) is 22.4. The molecule has 3 rings (SSSR count). The third-order valence-electron chi connectivity index (χ3n) is 4.97. The number of rotatable bonds is 8. The fraction of sp³-hybridized carbons (Fsp3) is 0.261. The maximum absolute atomic E-state index is 13.1. The fourth-order valence-corrected chi connectivity index (χ4v) is 3.27. The summed E-state index contributed by atoms with van der Waals surface area (Å²) in [5.41, 5.74) is 2.64. The molecule has 1 heterocycles. The van der Waals surface area contributed by atoms with E-state index < -0.39 is 12.0 Å². The lowest BCUT2D eigenvalue weighted by Crippen LogP contribution is -2.30. The van der Waals surface area contributed by atoms with Gasteiger partial charge < -0.3 is 19.5 Å². The summed E-state index contributed by atoms with van der Waals surface area (Å²) in [4.78, 5) is 25.1. The first-order valence-corrected chi connectivity index (χ1v) is 9.68. The molecule has 3 aromatic rings. The molecule has 0 radical (unpaired) electrons. The van der Waals surface area contributed by atoms with Crippen molar-refractivity contribution in [3.8, 4) is 17.2 Å². The topological polar surface area (TPSA) is 91.7 Å². The fourth-order valence-electron chi connectivity index (χ4n) is 3.27. The van der Waals surface area contributed by atoms with Crippen molar-refractivity contribution >= 4 is 11.9 Å². The van der Waals surface area contributed by atoms with E-state index in [1.54, 1.807) is 30.0 Å². The highest BCUT2D eigenvalue weighted by Gasteiger charge is 2.23. The third kappa shape index (κ3) is 4.85. The molecular weight excluding hydrogens is 398 g/mol. The van der Waals surface area contributed by atoms with Gasteiger partial charge in [0.2, 0.25) is 0 Å². The lowest BCUT2D eigenvalue weighted by molar-refractivity contribution is -0.141. The van der Waals surface area contributed by atoms with Crippen LogP contribution in [-0.2, 0) is 9.53 Å². The molecule has 0 aliphatic rings. The SMILES string of the molecule is COC(=O)C[C@@H](NC(=O)c1cnn(-c2ccccc2)c1C)c1ccc(OC)c(OC)c1. The van der Waals surface area contributed by atoms with Gasteiger partial charge in [0.1, 0.15) is 0 Å². The number of carbonyl (C=O) groups excluding carboxylic acids is 2. The number of nitrogens with zero attached hydrogens (tertiary/aromatic N) is 2. The molecule has 2 aromatic carbocycles. The predicted molar refractivity (Wildman–Crippen MR) is 115 cm³/mol. The van der Waals surface area contributed by atoms with Crippen molar-refractivity contribution in [1.82, 2.24) is 15.1 Å². The Labute approximate surface area is 180 Å². The van der Waals surface area contributed by atoms with Gasteiger partial charge in [-0.3, -0.25) is 9.59 Å². The van der Waals surface area contributed by atoms with E-state index in [0.29, 0.717) is 28.3 Å². The van der Waals surface area contributed by atoms with E-state index in [-0.39, 0.29) is 12.3 Å². The molecule has 0 unspecified atom stereocenters. The summed E-state index contributed by atoms with van der Waals surface area (Å²) in [5, 5.41) is 7.26. The lowest BCUT2D eigenvalue weighted by Gasteiger charge is -2.19. The third-order valence-corrected chi connectivity index (χ3v) is 4.97. The van der Waals surface area contributed by atoms with Gasteiger partial charge in [-0.05, 0) is 36.8 Å². The van der Waals surface area contributed by atoms with E-state index in [0.717, 1.165) is 5.69 Å². The number of methoxy groups -OCH3 is 3. The van der Waals surface area contributed by atoms with Gasteiger partial charge in [0, 0.05) is 0 Å². The first-order chi connectivity index (χ1) is 15.0. The second kappa shape index (κ2) is 9.80. The molecule has 1 N–H and O–H groups in total. The van der Waals surface area contributed by atoms with Crippen molar-refractivity contribution in [2.24, 2.45) is 0 Å². The number of para-hydroxylation sites is 1. The molecule has 162 valence electrons. The van der Waals surface area contributed by atoms with E-state index in [9.17, 15) is 9.59 Å². The molecule has 1 aromatic heterocycles. The van der Waals surface area contributed by atoms with Gasteiger partial charge in [-0.1, -0.05) is 24.3 Å². The molecule has 31 heavy (non-hydrogen) atoms. The van der Waals surface area contributed by atoms with Crippen molar-refractivity contribution in [3.05, 3.63) is 71.5 Å². The van der Waals surface area contributed by atoms with Crippen LogP contribution in [0.1, 0.15) is 34.1 Å². The molecule has 0 fully saturated rings. The van der Waals surface area contributed by atoms with Crippen LogP contribution in [0.15, 0.2) is 54.7 Å². The summed E-state index contributed by atoms with van der Waals surface area (Å²) in [7, 11) is 4.37. The Morgan fingerprint density at radius 3 is 2.39 bits per heavy atom. The standard InChI is InChI=1S/C23H25N3O5/c1-15-18(14-24-26(15)17-8-6-5-7-9-17)23(28)25-19(13-22(27)31-4)16-10-11-20(29-2)21(12-16)30-3/h5-12,14,19H,13H2,1-4H3,(H,25,28)/t19-/m1/s1. The number of carbonyl (C=O) groups is 2. The molecule has 0 bridgehead atoms. The average molecular weight is 423 g/mol. The van der Waals surface area contributed by atoms with Crippen LogP contribution in [0.4, 0.5) is 0 Å². The predicted octanol–water partition coefficient (Wildman–Crippen LogP) is 3.23. The average Bonchev–Trinajstić information content (AvgIpc) is 3.19. The molecule has 0 aliphatic heterocycles. The zero-order valence-electron chi connectivity index (χ0n) is 17.9. The highest BCUT2D eigenvalue weighted by atomic mass is 16.5. The Bertz CT molecular complexity index is 1060. The van der Waals surface area contributed by atoms with Gasteiger partial charge in [0.25, 0.3) is 5.91 Å². The molecule has 0 spiro atoms.